The maximum absolute atomic E-state index is 12.6. The molecular formula is C18H23N3O2S. The van der Waals surface area contributed by atoms with Gasteiger partial charge in [0.2, 0.25) is 10.0 Å². The molecule has 0 amide bonds. The van der Waals surface area contributed by atoms with Gasteiger partial charge < -0.3 is 5.32 Å². The fourth-order valence-electron chi connectivity index (χ4n) is 2.92. The maximum atomic E-state index is 12.6. The first-order valence-electron chi connectivity index (χ1n) is 8.35. The van der Waals surface area contributed by atoms with Crippen molar-refractivity contribution in [1.29, 1.82) is 0 Å². The third-order valence-electron chi connectivity index (χ3n) is 4.35. The van der Waals surface area contributed by atoms with Crippen molar-refractivity contribution in [2.45, 2.75) is 37.1 Å². The van der Waals surface area contributed by atoms with Crippen molar-refractivity contribution in [3.63, 3.8) is 0 Å². The molecule has 1 N–H and O–H groups in total. The summed E-state index contributed by atoms with van der Waals surface area (Å²) in [5, 5.41) is 3.30. The molecule has 2 heterocycles. The Balaban J connectivity index is 1.71. The van der Waals surface area contributed by atoms with Crippen molar-refractivity contribution in [1.82, 2.24) is 9.29 Å². The molecule has 0 saturated carbocycles. The van der Waals surface area contributed by atoms with Gasteiger partial charge in [-0.3, -0.25) is 0 Å². The minimum atomic E-state index is -3.42. The van der Waals surface area contributed by atoms with Crippen LogP contribution in [-0.2, 0) is 10.0 Å². The van der Waals surface area contributed by atoms with Crippen molar-refractivity contribution in [3.05, 3.63) is 54.2 Å². The Hall–Kier alpha value is -1.92. The highest BCUT2D eigenvalue weighted by atomic mass is 32.2. The van der Waals surface area contributed by atoms with E-state index in [1.807, 2.05) is 30.3 Å². The molecule has 2 aromatic rings. The molecule has 0 bridgehead atoms. The Morgan fingerprint density at radius 3 is 2.38 bits per heavy atom. The molecule has 1 atom stereocenters. The average molecular weight is 345 g/mol. The van der Waals surface area contributed by atoms with Crippen LogP contribution in [0, 0.1) is 0 Å². The number of aromatic nitrogens is 1. The molecular weight excluding hydrogens is 322 g/mol. The van der Waals surface area contributed by atoms with Gasteiger partial charge in [0.05, 0.1) is 0 Å². The van der Waals surface area contributed by atoms with E-state index in [4.69, 9.17) is 0 Å². The molecule has 5 nitrogen and oxygen atoms in total. The zero-order chi connectivity index (χ0) is 17.0. The lowest BCUT2D eigenvalue weighted by molar-refractivity contribution is 0.346. The number of pyridine rings is 1. The smallest absolute Gasteiger partial charge is 0.244 e. The number of benzene rings is 1. The van der Waals surface area contributed by atoms with Crippen LogP contribution in [0.15, 0.2) is 53.6 Å². The highest BCUT2D eigenvalue weighted by Gasteiger charge is 2.26. The first kappa shape index (κ1) is 16.9. The van der Waals surface area contributed by atoms with Gasteiger partial charge in [0.25, 0.3) is 0 Å². The summed E-state index contributed by atoms with van der Waals surface area (Å²) in [5.41, 5.74) is 1.16. The molecule has 1 aliphatic heterocycles. The van der Waals surface area contributed by atoms with Crippen LogP contribution in [0.3, 0.4) is 0 Å². The predicted octanol–water partition coefficient (Wildman–Crippen LogP) is 3.43. The molecule has 1 unspecified atom stereocenters. The molecule has 0 radical (unpaired) electrons. The van der Waals surface area contributed by atoms with E-state index in [0.717, 1.165) is 24.8 Å². The lowest BCUT2D eigenvalue weighted by Gasteiger charge is -2.25. The Kier molecular flexibility index (Phi) is 5.16. The second-order valence-electron chi connectivity index (χ2n) is 6.12. The number of nitrogens with one attached hydrogen (secondary N) is 1. The number of piperidine rings is 1. The second kappa shape index (κ2) is 7.32. The summed E-state index contributed by atoms with van der Waals surface area (Å²) in [6.45, 7) is 3.26. The van der Waals surface area contributed by atoms with Crippen LogP contribution in [0.25, 0.3) is 0 Å². The van der Waals surface area contributed by atoms with Gasteiger partial charge in [0, 0.05) is 25.3 Å². The normalized spacial score (nSPS) is 17.4. The molecule has 1 aromatic heterocycles. The fourth-order valence-corrected chi connectivity index (χ4v) is 4.38. The summed E-state index contributed by atoms with van der Waals surface area (Å²) in [6.07, 6.45) is 4.41. The van der Waals surface area contributed by atoms with Gasteiger partial charge >= 0.3 is 0 Å². The van der Waals surface area contributed by atoms with Gasteiger partial charge in [-0.2, -0.15) is 4.31 Å². The first-order chi connectivity index (χ1) is 11.6. The van der Waals surface area contributed by atoms with Gasteiger partial charge in [-0.15, -0.1) is 0 Å². The second-order valence-corrected chi connectivity index (χ2v) is 8.06. The van der Waals surface area contributed by atoms with E-state index in [-0.39, 0.29) is 10.9 Å². The monoisotopic (exact) mass is 345 g/mol. The quantitative estimate of drug-likeness (QED) is 0.902. The summed E-state index contributed by atoms with van der Waals surface area (Å²) < 4.78 is 26.8. The molecule has 6 heteroatoms. The van der Waals surface area contributed by atoms with Crippen LogP contribution in [0.1, 0.15) is 37.8 Å². The van der Waals surface area contributed by atoms with Crippen LogP contribution in [0.2, 0.25) is 0 Å². The van der Waals surface area contributed by atoms with E-state index in [0.29, 0.717) is 18.9 Å². The molecule has 24 heavy (non-hydrogen) atoms. The van der Waals surface area contributed by atoms with E-state index in [1.165, 1.54) is 6.20 Å². The van der Waals surface area contributed by atoms with Gasteiger partial charge in [-0.1, -0.05) is 36.8 Å². The van der Waals surface area contributed by atoms with Crippen LogP contribution in [0.5, 0.6) is 0 Å². The summed E-state index contributed by atoms with van der Waals surface area (Å²) in [4.78, 5) is 4.55. The van der Waals surface area contributed by atoms with Gasteiger partial charge in [-0.05, 0) is 37.5 Å². The third-order valence-corrected chi connectivity index (χ3v) is 6.24. The summed E-state index contributed by atoms with van der Waals surface area (Å²) in [7, 11) is -3.42. The molecule has 1 fully saturated rings. The SMILES string of the molecule is CC(Nc1ccc(S(=O)(=O)N2CCCCC2)cn1)c1ccccc1. The van der Waals surface area contributed by atoms with Gasteiger partial charge in [0.1, 0.15) is 10.7 Å². The third kappa shape index (κ3) is 3.76. The van der Waals surface area contributed by atoms with E-state index in [2.05, 4.69) is 17.2 Å². The van der Waals surface area contributed by atoms with Gasteiger partial charge in [-0.25, -0.2) is 13.4 Å². The minimum absolute atomic E-state index is 0.100. The molecule has 3 rings (SSSR count). The maximum Gasteiger partial charge on any atom is 0.244 e. The van der Waals surface area contributed by atoms with E-state index in [1.54, 1.807) is 16.4 Å². The van der Waals surface area contributed by atoms with Crippen LogP contribution >= 0.6 is 0 Å². The number of nitrogens with zero attached hydrogens (tertiary/aromatic N) is 2. The van der Waals surface area contributed by atoms with E-state index >= 15 is 0 Å². The number of hydrogen-bond acceptors (Lipinski definition) is 4. The topological polar surface area (TPSA) is 62.3 Å². The number of hydrogen-bond donors (Lipinski definition) is 1. The van der Waals surface area contributed by atoms with E-state index in [9.17, 15) is 8.42 Å². The molecule has 1 saturated heterocycles. The highest BCUT2D eigenvalue weighted by molar-refractivity contribution is 7.89. The Labute approximate surface area is 143 Å². The standard InChI is InChI=1S/C18H23N3O2S/c1-15(16-8-4-2-5-9-16)20-18-11-10-17(14-19-18)24(22,23)21-12-6-3-7-13-21/h2,4-5,8-11,14-15H,3,6-7,12-13H2,1H3,(H,19,20). The Bertz CT molecular complexity index is 755. The van der Waals surface area contributed by atoms with Crippen molar-refractivity contribution < 1.29 is 8.42 Å². The average Bonchev–Trinajstić information content (AvgIpc) is 2.63. The number of anilines is 1. The Morgan fingerprint density at radius 2 is 1.75 bits per heavy atom. The van der Waals surface area contributed by atoms with Crippen LogP contribution in [0.4, 0.5) is 5.82 Å². The molecule has 0 spiro atoms. The van der Waals surface area contributed by atoms with Gasteiger partial charge in [0.15, 0.2) is 0 Å². The zero-order valence-electron chi connectivity index (χ0n) is 13.9. The van der Waals surface area contributed by atoms with Crippen molar-refractivity contribution >= 4 is 15.8 Å². The molecule has 128 valence electrons. The van der Waals surface area contributed by atoms with Crippen LogP contribution < -0.4 is 5.32 Å². The first-order valence-corrected chi connectivity index (χ1v) is 9.79. The Morgan fingerprint density at radius 1 is 1.04 bits per heavy atom. The zero-order valence-corrected chi connectivity index (χ0v) is 14.7. The van der Waals surface area contributed by atoms with Crippen LogP contribution in [-0.4, -0.2) is 30.8 Å². The largest absolute Gasteiger partial charge is 0.364 e. The summed E-state index contributed by atoms with van der Waals surface area (Å²) in [6, 6.07) is 13.5. The predicted molar refractivity (Wildman–Crippen MR) is 95.3 cm³/mol. The van der Waals surface area contributed by atoms with Crippen molar-refractivity contribution in [2.75, 3.05) is 18.4 Å². The lowest BCUT2D eigenvalue weighted by Crippen LogP contribution is -2.35. The minimum Gasteiger partial charge on any atom is -0.364 e. The fraction of sp³-hybridized carbons (Fsp3) is 0.389. The molecule has 1 aromatic carbocycles. The van der Waals surface area contributed by atoms with Crippen molar-refractivity contribution in [2.24, 2.45) is 0 Å². The lowest BCUT2D eigenvalue weighted by atomic mass is 10.1. The summed E-state index contributed by atoms with van der Waals surface area (Å²) >= 11 is 0. The molecule has 0 aliphatic carbocycles. The molecule has 1 aliphatic rings. The van der Waals surface area contributed by atoms with E-state index < -0.39 is 10.0 Å². The highest BCUT2D eigenvalue weighted by Crippen LogP contribution is 2.22. The van der Waals surface area contributed by atoms with Crippen molar-refractivity contribution in [3.8, 4) is 0 Å². The summed E-state index contributed by atoms with van der Waals surface area (Å²) in [5.74, 6) is 0.670. The number of sulfonamides is 1. The number of rotatable bonds is 5.